The molecule has 0 bridgehead atoms. The Morgan fingerprint density at radius 3 is 2.67 bits per heavy atom. The van der Waals surface area contributed by atoms with E-state index in [9.17, 15) is 14.9 Å². The van der Waals surface area contributed by atoms with E-state index in [0.717, 1.165) is 4.90 Å². The smallest absolute Gasteiger partial charge is 0.307 e. The summed E-state index contributed by atoms with van der Waals surface area (Å²) in [7, 11) is 0. The molecule has 0 saturated heterocycles. The predicted molar refractivity (Wildman–Crippen MR) is 112 cm³/mol. The first kappa shape index (κ1) is 19.5. The molecule has 150 valence electrons. The summed E-state index contributed by atoms with van der Waals surface area (Å²) >= 11 is 1.48. The molecule has 2 aromatic heterocycles. The van der Waals surface area contributed by atoms with Gasteiger partial charge in [0.2, 0.25) is 0 Å². The first-order valence-corrected chi connectivity index (χ1v) is 9.65. The van der Waals surface area contributed by atoms with Crippen LogP contribution < -0.4 is 5.43 Å². The van der Waals surface area contributed by atoms with E-state index < -0.39 is 10.8 Å². The molecule has 0 radical (unpaired) electrons. The highest BCUT2D eigenvalue weighted by atomic mass is 32.2. The minimum atomic E-state index is -0.578. The lowest BCUT2D eigenvalue weighted by molar-refractivity contribution is -0.384. The second-order valence-corrected chi connectivity index (χ2v) is 7.44. The van der Waals surface area contributed by atoms with E-state index in [4.69, 9.17) is 8.83 Å². The molecule has 0 unspecified atom stereocenters. The lowest BCUT2D eigenvalue weighted by atomic mass is 10.2. The topological polar surface area (TPSA) is 111 Å². The summed E-state index contributed by atoms with van der Waals surface area (Å²) in [6.45, 7) is 2.03. The van der Waals surface area contributed by atoms with Crippen LogP contribution in [-0.2, 0) is 0 Å². The minimum Gasteiger partial charge on any atom is -0.451 e. The number of amides is 1. The van der Waals surface area contributed by atoms with Crippen LogP contribution in [0.3, 0.4) is 0 Å². The zero-order chi connectivity index (χ0) is 21.1. The van der Waals surface area contributed by atoms with E-state index in [1.165, 1.54) is 47.8 Å². The fourth-order valence-electron chi connectivity index (χ4n) is 2.65. The molecule has 0 aliphatic heterocycles. The van der Waals surface area contributed by atoms with Crippen LogP contribution in [0.5, 0.6) is 0 Å². The Bertz CT molecular complexity index is 1260. The quantitative estimate of drug-likeness (QED) is 0.262. The van der Waals surface area contributed by atoms with Gasteiger partial charge in [-0.25, -0.2) is 5.43 Å². The van der Waals surface area contributed by atoms with Crippen molar-refractivity contribution >= 4 is 40.5 Å². The van der Waals surface area contributed by atoms with E-state index >= 15 is 0 Å². The van der Waals surface area contributed by atoms with Crippen molar-refractivity contribution in [3.63, 3.8) is 0 Å². The maximum Gasteiger partial charge on any atom is 0.307 e. The van der Waals surface area contributed by atoms with Crippen LogP contribution in [0.15, 0.2) is 84.6 Å². The summed E-state index contributed by atoms with van der Waals surface area (Å²) in [6.07, 6.45) is 1.38. The molecule has 0 atom stereocenters. The number of hydrazone groups is 1. The average Bonchev–Trinajstić information content (AvgIpc) is 3.35. The van der Waals surface area contributed by atoms with E-state index in [1.54, 1.807) is 6.07 Å². The standard InChI is InChI=1S/C21H15N3O5S/c1-13-2-6-17(7-3-13)30-20-9-5-16(28-20)12-22-23-21(25)19-11-14-10-15(24(26)27)4-8-18(14)29-19/h2-12H,1H3,(H,23,25)/b22-12-. The zero-order valence-corrected chi connectivity index (χ0v) is 16.5. The Balaban J connectivity index is 1.39. The van der Waals surface area contributed by atoms with Gasteiger partial charge in [0.15, 0.2) is 10.9 Å². The molecule has 2 aromatic carbocycles. The van der Waals surface area contributed by atoms with Gasteiger partial charge in [-0.1, -0.05) is 29.5 Å². The van der Waals surface area contributed by atoms with Crippen LogP contribution in [0.4, 0.5) is 5.69 Å². The molecule has 8 nitrogen and oxygen atoms in total. The first-order valence-electron chi connectivity index (χ1n) is 8.84. The SMILES string of the molecule is Cc1ccc(Sc2ccc(/C=N\NC(=O)c3cc4cc([N+](=O)[O-])ccc4o3)o2)cc1. The second-order valence-electron chi connectivity index (χ2n) is 6.36. The molecule has 4 aromatic rings. The van der Waals surface area contributed by atoms with Gasteiger partial charge in [-0.15, -0.1) is 0 Å². The number of nitrogens with zero attached hydrogens (tertiary/aromatic N) is 2. The van der Waals surface area contributed by atoms with Crippen molar-refractivity contribution in [1.29, 1.82) is 0 Å². The molecule has 0 spiro atoms. The Hall–Kier alpha value is -3.85. The van der Waals surface area contributed by atoms with Gasteiger partial charge in [-0.05, 0) is 43.3 Å². The largest absolute Gasteiger partial charge is 0.451 e. The summed E-state index contributed by atoms with van der Waals surface area (Å²) in [4.78, 5) is 23.6. The number of aryl methyl sites for hydroxylation is 1. The number of carbonyl (C=O) groups is 1. The fraction of sp³-hybridized carbons (Fsp3) is 0.0476. The minimum absolute atomic E-state index is 0.00212. The van der Waals surface area contributed by atoms with Crippen molar-refractivity contribution in [3.05, 3.63) is 87.9 Å². The summed E-state index contributed by atoms with van der Waals surface area (Å²) in [5.74, 6) is -0.103. The highest BCUT2D eigenvalue weighted by molar-refractivity contribution is 7.99. The van der Waals surface area contributed by atoms with Gasteiger partial charge in [0, 0.05) is 22.4 Å². The van der Waals surface area contributed by atoms with Gasteiger partial charge in [-0.2, -0.15) is 5.10 Å². The van der Waals surface area contributed by atoms with Gasteiger partial charge in [0.1, 0.15) is 11.3 Å². The van der Waals surface area contributed by atoms with E-state index in [0.29, 0.717) is 21.8 Å². The highest BCUT2D eigenvalue weighted by Gasteiger charge is 2.14. The number of carbonyl (C=O) groups excluding carboxylic acids is 1. The van der Waals surface area contributed by atoms with E-state index in [1.807, 2.05) is 37.3 Å². The van der Waals surface area contributed by atoms with Gasteiger partial charge >= 0.3 is 5.91 Å². The maximum absolute atomic E-state index is 12.2. The van der Waals surface area contributed by atoms with Crippen LogP contribution in [0.25, 0.3) is 11.0 Å². The number of furan rings is 2. The Morgan fingerprint density at radius 2 is 1.90 bits per heavy atom. The van der Waals surface area contributed by atoms with E-state index in [-0.39, 0.29) is 11.4 Å². The highest BCUT2D eigenvalue weighted by Crippen LogP contribution is 2.29. The average molecular weight is 421 g/mol. The number of hydrogen-bond donors (Lipinski definition) is 1. The van der Waals surface area contributed by atoms with Crippen molar-refractivity contribution in [2.75, 3.05) is 0 Å². The van der Waals surface area contributed by atoms with Crippen molar-refractivity contribution in [3.8, 4) is 0 Å². The molecule has 1 amide bonds. The number of hydrogen-bond acceptors (Lipinski definition) is 7. The third-order valence-electron chi connectivity index (χ3n) is 4.13. The van der Waals surface area contributed by atoms with Gasteiger partial charge in [0.05, 0.1) is 11.1 Å². The molecule has 0 aliphatic carbocycles. The number of nitro groups is 1. The summed E-state index contributed by atoms with van der Waals surface area (Å²) in [5, 5.41) is 15.9. The van der Waals surface area contributed by atoms with Gasteiger partial charge < -0.3 is 8.83 Å². The van der Waals surface area contributed by atoms with E-state index in [2.05, 4.69) is 10.5 Å². The van der Waals surface area contributed by atoms with Crippen molar-refractivity contribution in [2.24, 2.45) is 5.10 Å². The van der Waals surface area contributed by atoms with Crippen LogP contribution in [-0.4, -0.2) is 17.0 Å². The molecule has 30 heavy (non-hydrogen) atoms. The number of nitro benzene ring substituents is 1. The number of nitrogens with one attached hydrogen (secondary N) is 1. The molecule has 9 heteroatoms. The third kappa shape index (κ3) is 4.41. The molecule has 0 saturated carbocycles. The summed E-state index contributed by atoms with van der Waals surface area (Å²) in [5.41, 5.74) is 3.83. The normalized spacial score (nSPS) is 11.2. The first-order chi connectivity index (χ1) is 14.5. The molecular weight excluding hydrogens is 406 g/mol. The predicted octanol–water partition coefficient (Wildman–Crippen LogP) is 5.16. The molecule has 0 fully saturated rings. The third-order valence-corrected chi connectivity index (χ3v) is 5.06. The number of non-ortho nitro benzene ring substituents is 1. The van der Waals surface area contributed by atoms with Crippen molar-refractivity contribution < 1.29 is 18.6 Å². The molecule has 0 aliphatic rings. The van der Waals surface area contributed by atoms with Crippen LogP contribution in [0.1, 0.15) is 21.9 Å². The lowest BCUT2D eigenvalue weighted by Gasteiger charge is -1.98. The zero-order valence-electron chi connectivity index (χ0n) is 15.7. The van der Waals surface area contributed by atoms with Crippen LogP contribution >= 0.6 is 11.8 Å². The molecule has 1 N–H and O–H groups in total. The van der Waals surface area contributed by atoms with Crippen molar-refractivity contribution in [2.45, 2.75) is 16.9 Å². The molecule has 4 rings (SSSR count). The van der Waals surface area contributed by atoms with Crippen LogP contribution in [0, 0.1) is 17.0 Å². The molecule has 2 heterocycles. The summed E-state index contributed by atoms with van der Waals surface area (Å²) in [6, 6.07) is 17.2. The van der Waals surface area contributed by atoms with Gasteiger partial charge in [-0.3, -0.25) is 14.9 Å². The maximum atomic E-state index is 12.2. The Kier molecular flexibility index (Phi) is 5.36. The monoisotopic (exact) mass is 421 g/mol. The number of benzene rings is 2. The van der Waals surface area contributed by atoms with Crippen molar-refractivity contribution in [1.82, 2.24) is 5.43 Å². The fourth-order valence-corrected chi connectivity index (χ4v) is 3.43. The lowest BCUT2D eigenvalue weighted by Crippen LogP contribution is -2.16. The Morgan fingerprint density at radius 1 is 1.10 bits per heavy atom. The number of fused-ring (bicyclic) bond motifs is 1. The van der Waals surface area contributed by atoms with Gasteiger partial charge in [0.25, 0.3) is 5.69 Å². The second kappa shape index (κ2) is 8.26. The van der Waals surface area contributed by atoms with Crippen LogP contribution in [0.2, 0.25) is 0 Å². The Labute approximate surface area is 174 Å². The number of rotatable bonds is 6. The summed E-state index contributed by atoms with van der Waals surface area (Å²) < 4.78 is 11.1. The molecular formula is C21H15N3O5S.